The van der Waals surface area contributed by atoms with Crippen LogP contribution in [0.5, 0.6) is 0 Å². The van der Waals surface area contributed by atoms with Crippen LogP contribution in [0.1, 0.15) is 34.3 Å². The molecule has 0 saturated heterocycles. The van der Waals surface area contributed by atoms with Gasteiger partial charge < -0.3 is 21.3 Å². The molecule has 6 nitrogen and oxygen atoms in total. The summed E-state index contributed by atoms with van der Waals surface area (Å²) in [7, 11) is 0. The van der Waals surface area contributed by atoms with Gasteiger partial charge in [-0.25, -0.2) is 9.97 Å². The number of pyridine rings is 2. The van der Waals surface area contributed by atoms with E-state index in [1.165, 1.54) is 6.07 Å². The number of nitrogens with two attached hydrogens (primary N) is 1. The van der Waals surface area contributed by atoms with E-state index < -0.39 is 29.5 Å². The fourth-order valence-electron chi connectivity index (χ4n) is 3.09. The van der Waals surface area contributed by atoms with Crippen molar-refractivity contribution in [2.24, 2.45) is 5.73 Å². The molecule has 2 aromatic carbocycles. The second-order valence-electron chi connectivity index (χ2n) is 8.29. The molecule has 220 valence electrons. The molecule has 0 spiro atoms. The summed E-state index contributed by atoms with van der Waals surface area (Å²) in [5, 5.41) is 21.0. The number of aliphatic hydroxyl groups is 2. The van der Waals surface area contributed by atoms with E-state index in [-0.39, 0.29) is 30.2 Å². The van der Waals surface area contributed by atoms with Gasteiger partial charge in [0.2, 0.25) is 0 Å². The van der Waals surface area contributed by atoms with Crippen molar-refractivity contribution in [3.63, 3.8) is 0 Å². The summed E-state index contributed by atoms with van der Waals surface area (Å²) in [5.74, 6) is 0.279. The van der Waals surface area contributed by atoms with E-state index in [2.05, 4.69) is 15.3 Å². The van der Waals surface area contributed by atoms with E-state index in [4.69, 9.17) is 22.4 Å². The van der Waals surface area contributed by atoms with Crippen molar-refractivity contribution < 1.29 is 36.6 Å². The molecule has 13 heteroatoms. The fraction of sp³-hybridized carbons (Fsp3) is 0.214. The molecule has 2 aromatic heterocycles. The number of nitrogens with one attached hydrogen (secondary N) is 1. The predicted molar refractivity (Wildman–Crippen MR) is 144 cm³/mol. The first kappa shape index (κ1) is 33.5. The Kier molecular flexibility index (Phi) is 13.0. The van der Waals surface area contributed by atoms with E-state index in [1.807, 2.05) is 60.7 Å². The summed E-state index contributed by atoms with van der Waals surface area (Å²) in [6, 6.07) is 22.2. The normalized spacial score (nSPS) is 12.6. The molecular weight excluding hydrogens is 574 g/mol. The minimum Gasteiger partial charge on any atom is -0.394 e. The minimum atomic E-state index is -4.40. The van der Waals surface area contributed by atoms with Crippen LogP contribution >= 0.6 is 11.6 Å². The standard InChI is InChI=1S/C14H13F3N2O.C8H11NO.C6H3ClF3N/c15-14(16,17)11-6-7-13(18-8-11)19-12(9-20)10-4-2-1-3-5-10;9-8(6-10)7-4-2-1-3-5-7;7-5-2-1-4(3-11-5)6(8,9)10/h1-8,12,20H,9H2,(H,18,19);1-5,8,10H,6,9H2;1-3H. The average Bonchev–Trinajstić information content (AvgIpc) is 2.96. The third kappa shape index (κ3) is 11.7. The van der Waals surface area contributed by atoms with E-state index >= 15 is 0 Å². The number of aromatic nitrogens is 2. The smallest absolute Gasteiger partial charge is 0.394 e. The first-order chi connectivity index (χ1) is 19.3. The number of hydrogen-bond donors (Lipinski definition) is 4. The van der Waals surface area contributed by atoms with E-state index in [0.29, 0.717) is 6.20 Å². The lowest BCUT2D eigenvalue weighted by Crippen LogP contribution is -2.16. The van der Waals surface area contributed by atoms with Crippen molar-refractivity contribution in [1.82, 2.24) is 9.97 Å². The zero-order chi connectivity index (χ0) is 30.5. The number of nitrogens with zero attached hydrogens (tertiary/aromatic N) is 2. The zero-order valence-corrected chi connectivity index (χ0v) is 22.1. The van der Waals surface area contributed by atoms with Gasteiger partial charge in [-0.3, -0.25) is 0 Å². The molecule has 0 saturated carbocycles. The van der Waals surface area contributed by atoms with Gasteiger partial charge in [0.1, 0.15) is 11.0 Å². The van der Waals surface area contributed by atoms with Crippen molar-refractivity contribution in [3.8, 4) is 0 Å². The summed E-state index contributed by atoms with van der Waals surface area (Å²) in [6.45, 7) is -0.184. The summed E-state index contributed by atoms with van der Waals surface area (Å²) in [5.41, 5.74) is 5.76. The van der Waals surface area contributed by atoms with Crippen molar-refractivity contribution in [1.29, 1.82) is 0 Å². The Hall–Kier alpha value is -3.71. The number of aliphatic hydroxyl groups excluding tert-OH is 2. The number of alkyl halides is 6. The molecular formula is C28H27ClF6N4O2. The topological polar surface area (TPSA) is 104 Å². The molecule has 4 aromatic rings. The summed E-state index contributed by atoms with van der Waals surface area (Å²) in [6.07, 6.45) is -7.27. The van der Waals surface area contributed by atoms with Crippen LogP contribution in [-0.2, 0) is 12.4 Å². The molecule has 0 amide bonds. The predicted octanol–water partition coefficient (Wildman–Crippen LogP) is 6.68. The lowest BCUT2D eigenvalue weighted by molar-refractivity contribution is -0.138. The van der Waals surface area contributed by atoms with Crippen LogP contribution in [0.25, 0.3) is 0 Å². The van der Waals surface area contributed by atoms with Crippen LogP contribution in [0.4, 0.5) is 32.2 Å². The monoisotopic (exact) mass is 600 g/mol. The molecule has 0 radical (unpaired) electrons. The van der Waals surface area contributed by atoms with Gasteiger partial charge in [0.05, 0.1) is 36.4 Å². The Morgan fingerprint density at radius 3 is 1.56 bits per heavy atom. The van der Waals surface area contributed by atoms with Crippen molar-refractivity contribution in [3.05, 3.63) is 125 Å². The highest BCUT2D eigenvalue weighted by molar-refractivity contribution is 6.29. The molecule has 2 atom stereocenters. The van der Waals surface area contributed by atoms with Gasteiger partial charge in [0, 0.05) is 12.4 Å². The number of benzene rings is 2. The molecule has 0 fully saturated rings. The van der Waals surface area contributed by atoms with Crippen molar-refractivity contribution in [2.45, 2.75) is 24.4 Å². The first-order valence-corrected chi connectivity index (χ1v) is 12.3. The Balaban J connectivity index is 0.000000236. The van der Waals surface area contributed by atoms with Gasteiger partial charge in [0.15, 0.2) is 0 Å². The van der Waals surface area contributed by atoms with Gasteiger partial charge in [-0.15, -0.1) is 0 Å². The van der Waals surface area contributed by atoms with Gasteiger partial charge in [-0.2, -0.15) is 26.3 Å². The maximum Gasteiger partial charge on any atom is 0.417 e. The second kappa shape index (κ2) is 15.9. The molecule has 5 N–H and O–H groups in total. The highest BCUT2D eigenvalue weighted by atomic mass is 35.5. The quantitative estimate of drug-likeness (QED) is 0.145. The van der Waals surface area contributed by atoms with Crippen LogP contribution in [-0.4, -0.2) is 33.4 Å². The van der Waals surface area contributed by atoms with Crippen molar-refractivity contribution in [2.75, 3.05) is 18.5 Å². The summed E-state index contributed by atoms with van der Waals surface area (Å²) in [4.78, 5) is 7.01. The number of hydrogen-bond acceptors (Lipinski definition) is 6. The zero-order valence-electron chi connectivity index (χ0n) is 21.3. The maximum absolute atomic E-state index is 12.4. The summed E-state index contributed by atoms with van der Waals surface area (Å²) < 4.78 is 72.7. The first-order valence-electron chi connectivity index (χ1n) is 11.9. The maximum atomic E-state index is 12.4. The Morgan fingerprint density at radius 1 is 0.683 bits per heavy atom. The van der Waals surface area contributed by atoms with Crippen LogP contribution in [0.2, 0.25) is 5.15 Å². The number of rotatable bonds is 6. The van der Waals surface area contributed by atoms with E-state index in [9.17, 15) is 31.4 Å². The lowest BCUT2D eigenvalue weighted by atomic mass is 10.1. The van der Waals surface area contributed by atoms with Crippen molar-refractivity contribution >= 4 is 17.4 Å². The molecule has 2 unspecified atom stereocenters. The summed E-state index contributed by atoms with van der Waals surface area (Å²) >= 11 is 5.28. The number of halogens is 7. The molecule has 0 bridgehead atoms. The fourth-order valence-corrected chi connectivity index (χ4v) is 3.21. The van der Waals surface area contributed by atoms with Crippen LogP contribution < -0.4 is 11.1 Å². The Labute approximate surface area is 237 Å². The van der Waals surface area contributed by atoms with E-state index in [0.717, 1.165) is 35.5 Å². The van der Waals surface area contributed by atoms with Crippen LogP contribution in [0.15, 0.2) is 97.3 Å². The van der Waals surface area contributed by atoms with Gasteiger partial charge in [0.25, 0.3) is 0 Å². The lowest BCUT2D eigenvalue weighted by Gasteiger charge is -2.17. The molecule has 0 aliphatic heterocycles. The third-order valence-corrected chi connectivity index (χ3v) is 5.50. The molecule has 0 aliphatic carbocycles. The second-order valence-corrected chi connectivity index (χ2v) is 8.67. The molecule has 0 aliphatic rings. The van der Waals surface area contributed by atoms with Gasteiger partial charge in [-0.1, -0.05) is 72.3 Å². The Morgan fingerprint density at radius 2 is 1.17 bits per heavy atom. The van der Waals surface area contributed by atoms with E-state index in [1.54, 1.807) is 0 Å². The molecule has 41 heavy (non-hydrogen) atoms. The third-order valence-electron chi connectivity index (χ3n) is 5.28. The average molecular weight is 601 g/mol. The largest absolute Gasteiger partial charge is 0.417 e. The van der Waals surface area contributed by atoms with Gasteiger partial charge >= 0.3 is 12.4 Å². The number of anilines is 1. The van der Waals surface area contributed by atoms with Crippen LogP contribution in [0, 0.1) is 0 Å². The van der Waals surface area contributed by atoms with Gasteiger partial charge in [-0.05, 0) is 35.4 Å². The minimum absolute atomic E-state index is 0.00398. The Bertz CT molecular complexity index is 1280. The highest BCUT2D eigenvalue weighted by Crippen LogP contribution is 2.30. The molecule has 4 rings (SSSR count). The SMILES string of the molecule is FC(F)(F)c1ccc(Cl)nc1.NC(CO)c1ccccc1.OCC(Nc1ccc(C(F)(F)F)cn1)c1ccccc1. The van der Waals surface area contributed by atoms with Crippen LogP contribution in [0.3, 0.4) is 0 Å². The molecule has 2 heterocycles. The highest BCUT2D eigenvalue weighted by Gasteiger charge is 2.31.